The number of benzene rings is 2. The van der Waals surface area contributed by atoms with Crippen molar-refractivity contribution in [2.75, 3.05) is 13.1 Å². The monoisotopic (exact) mass is 416 g/mol. The van der Waals surface area contributed by atoms with Gasteiger partial charge in [-0.1, -0.05) is 28.1 Å². The highest BCUT2D eigenvalue weighted by molar-refractivity contribution is 9.10. The van der Waals surface area contributed by atoms with Crippen molar-refractivity contribution in [2.45, 2.75) is 39.7 Å². The van der Waals surface area contributed by atoms with Crippen LogP contribution in [-0.4, -0.2) is 35.4 Å². The molecule has 2 aromatic rings. The van der Waals surface area contributed by atoms with Crippen LogP contribution in [0.2, 0.25) is 0 Å². The molecule has 1 unspecified atom stereocenters. The summed E-state index contributed by atoms with van der Waals surface area (Å²) in [6.45, 7) is 9.12. The molecular weight excluding hydrogens is 392 g/mol. The van der Waals surface area contributed by atoms with Gasteiger partial charge in [-0.15, -0.1) is 0 Å². The molecule has 0 bridgehead atoms. The lowest BCUT2D eigenvalue weighted by Crippen LogP contribution is -2.35. The molecule has 0 aromatic heterocycles. The molecule has 4 nitrogen and oxygen atoms in total. The lowest BCUT2D eigenvalue weighted by Gasteiger charge is -2.24. The molecule has 1 fully saturated rings. The number of rotatable bonds is 2. The third kappa shape index (κ3) is 4.64. The minimum atomic E-state index is -0.460. The highest BCUT2D eigenvalue weighted by Crippen LogP contribution is 2.26. The minimum Gasteiger partial charge on any atom is -0.444 e. The minimum absolute atomic E-state index is 0.232. The molecule has 26 heavy (non-hydrogen) atoms. The highest BCUT2D eigenvalue weighted by Gasteiger charge is 2.31. The number of carbonyl (C=O) groups excluding carboxylic acids is 1. The molecule has 1 amide bonds. The van der Waals surface area contributed by atoms with Crippen LogP contribution < -0.4 is 0 Å². The molecule has 1 saturated heterocycles. The molecule has 3 rings (SSSR count). The van der Waals surface area contributed by atoms with Crippen LogP contribution in [0.1, 0.15) is 34.1 Å². The predicted molar refractivity (Wildman–Crippen MR) is 110 cm³/mol. The molecule has 0 spiro atoms. The van der Waals surface area contributed by atoms with Gasteiger partial charge in [0.2, 0.25) is 0 Å². The van der Waals surface area contributed by atoms with E-state index in [0.717, 1.165) is 28.8 Å². The van der Waals surface area contributed by atoms with Gasteiger partial charge in [0.15, 0.2) is 0 Å². The molecule has 1 aliphatic rings. The average molecular weight is 417 g/mol. The van der Waals surface area contributed by atoms with Crippen molar-refractivity contribution in [1.82, 2.24) is 4.90 Å². The van der Waals surface area contributed by atoms with Gasteiger partial charge in [-0.3, -0.25) is 4.99 Å². The van der Waals surface area contributed by atoms with E-state index in [-0.39, 0.29) is 12.0 Å². The fourth-order valence-corrected chi connectivity index (χ4v) is 3.54. The van der Waals surface area contributed by atoms with E-state index in [1.807, 2.05) is 32.9 Å². The van der Waals surface area contributed by atoms with E-state index in [9.17, 15) is 4.79 Å². The largest absolute Gasteiger partial charge is 0.444 e. The van der Waals surface area contributed by atoms with Crippen LogP contribution >= 0.6 is 15.9 Å². The summed E-state index contributed by atoms with van der Waals surface area (Å²) in [6.07, 6.45) is 0.693. The van der Waals surface area contributed by atoms with Crippen LogP contribution in [0.15, 0.2) is 45.9 Å². The van der Waals surface area contributed by atoms with Crippen LogP contribution in [0.4, 0.5) is 10.5 Å². The van der Waals surface area contributed by atoms with Crippen LogP contribution in [0.5, 0.6) is 0 Å². The van der Waals surface area contributed by atoms with Crippen LogP contribution in [-0.2, 0) is 4.74 Å². The molecular formula is C21H25BrN2O2. The zero-order valence-electron chi connectivity index (χ0n) is 15.8. The number of ether oxygens (including phenoxy) is 1. The zero-order valence-corrected chi connectivity index (χ0v) is 17.3. The SMILES string of the molecule is CC(=Nc1ccc2cc(Br)ccc2c1)C1CCN(C(=O)OC(C)(C)C)C1. The van der Waals surface area contributed by atoms with E-state index in [1.54, 1.807) is 4.90 Å². The number of amides is 1. The maximum Gasteiger partial charge on any atom is 0.410 e. The summed E-state index contributed by atoms with van der Waals surface area (Å²) in [7, 11) is 0. The number of nitrogens with zero attached hydrogens (tertiary/aromatic N) is 2. The van der Waals surface area contributed by atoms with Gasteiger partial charge < -0.3 is 9.64 Å². The Kier molecular flexibility index (Phi) is 5.37. The van der Waals surface area contributed by atoms with Gasteiger partial charge in [0.05, 0.1) is 5.69 Å². The van der Waals surface area contributed by atoms with Crippen molar-refractivity contribution in [3.05, 3.63) is 40.9 Å². The van der Waals surface area contributed by atoms with Gasteiger partial charge in [0.25, 0.3) is 0 Å². The first kappa shape index (κ1) is 18.9. The molecule has 1 heterocycles. The van der Waals surface area contributed by atoms with Crippen molar-refractivity contribution in [1.29, 1.82) is 0 Å². The second-order valence-corrected chi connectivity index (χ2v) is 8.76. The molecule has 138 valence electrons. The number of likely N-dealkylation sites (tertiary alicyclic amines) is 1. The number of aliphatic imine (C=N–C) groups is 1. The Morgan fingerprint density at radius 2 is 1.88 bits per heavy atom. The Morgan fingerprint density at radius 1 is 1.19 bits per heavy atom. The highest BCUT2D eigenvalue weighted by atomic mass is 79.9. The summed E-state index contributed by atoms with van der Waals surface area (Å²) in [5, 5.41) is 2.36. The summed E-state index contributed by atoms with van der Waals surface area (Å²) in [6, 6.07) is 12.5. The van der Waals surface area contributed by atoms with Gasteiger partial charge in [-0.25, -0.2) is 4.79 Å². The lowest BCUT2D eigenvalue weighted by atomic mass is 10.0. The third-order valence-corrected chi connectivity index (χ3v) is 5.02. The molecule has 1 atom stereocenters. The second-order valence-electron chi connectivity index (χ2n) is 7.84. The normalized spacial score (nSPS) is 18.4. The Morgan fingerprint density at radius 3 is 2.62 bits per heavy atom. The summed E-state index contributed by atoms with van der Waals surface area (Å²) < 4.78 is 6.54. The Balaban J connectivity index is 1.70. The summed E-state index contributed by atoms with van der Waals surface area (Å²) >= 11 is 3.50. The summed E-state index contributed by atoms with van der Waals surface area (Å²) in [5.41, 5.74) is 1.55. The molecule has 0 radical (unpaired) electrons. The quantitative estimate of drug-likeness (QED) is 0.567. The van der Waals surface area contributed by atoms with Gasteiger partial charge in [-0.05, 0) is 69.2 Å². The number of hydrogen-bond donors (Lipinski definition) is 0. The fraction of sp³-hybridized carbons (Fsp3) is 0.429. The van der Waals surface area contributed by atoms with Gasteiger partial charge in [0, 0.05) is 29.2 Å². The van der Waals surface area contributed by atoms with Crippen molar-refractivity contribution >= 4 is 44.2 Å². The lowest BCUT2D eigenvalue weighted by molar-refractivity contribution is 0.0292. The van der Waals surface area contributed by atoms with Crippen LogP contribution in [0.25, 0.3) is 10.8 Å². The van der Waals surface area contributed by atoms with E-state index in [1.165, 1.54) is 10.8 Å². The van der Waals surface area contributed by atoms with Gasteiger partial charge >= 0.3 is 6.09 Å². The fourth-order valence-electron chi connectivity index (χ4n) is 3.16. The molecule has 0 saturated carbocycles. The van der Waals surface area contributed by atoms with E-state index in [2.05, 4.69) is 47.1 Å². The first-order valence-electron chi connectivity index (χ1n) is 8.94. The molecule has 0 aliphatic carbocycles. The van der Waals surface area contributed by atoms with Crippen molar-refractivity contribution in [2.24, 2.45) is 10.9 Å². The van der Waals surface area contributed by atoms with Crippen LogP contribution in [0, 0.1) is 5.92 Å². The standard InChI is InChI=1S/C21H25BrN2O2/c1-14(17-9-10-24(13-17)20(25)26-21(2,3)4)23-19-8-6-15-11-18(22)7-5-16(15)12-19/h5-8,11-12,17H,9-10,13H2,1-4H3. The topological polar surface area (TPSA) is 41.9 Å². The maximum atomic E-state index is 12.2. The molecule has 5 heteroatoms. The number of hydrogen-bond acceptors (Lipinski definition) is 3. The average Bonchev–Trinajstić information content (AvgIpc) is 3.04. The Bertz CT molecular complexity index is 855. The van der Waals surface area contributed by atoms with Crippen LogP contribution in [0.3, 0.4) is 0 Å². The van der Waals surface area contributed by atoms with Crippen molar-refractivity contribution in [3.63, 3.8) is 0 Å². The molecule has 2 aromatic carbocycles. The Hall–Kier alpha value is -1.88. The first-order chi connectivity index (χ1) is 12.2. The van der Waals surface area contributed by atoms with E-state index in [4.69, 9.17) is 9.73 Å². The second kappa shape index (κ2) is 7.39. The maximum absolute atomic E-state index is 12.2. The number of halogens is 1. The number of carbonyl (C=O) groups is 1. The third-order valence-electron chi connectivity index (χ3n) is 4.52. The molecule has 0 N–H and O–H groups in total. The Labute approximate surface area is 163 Å². The zero-order chi connectivity index (χ0) is 18.9. The number of fused-ring (bicyclic) bond motifs is 1. The van der Waals surface area contributed by atoms with E-state index >= 15 is 0 Å². The van der Waals surface area contributed by atoms with Crippen molar-refractivity contribution in [3.8, 4) is 0 Å². The van der Waals surface area contributed by atoms with E-state index < -0.39 is 5.60 Å². The summed E-state index contributed by atoms with van der Waals surface area (Å²) in [4.78, 5) is 18.8. The van der Waals surface area contributed by atoms with Gasteiger partial charge in [-0.2, -0.15) is 0 Å². The van der Waals surface area contributed by atoms with Crippen molar-refractivity contribution < 1.29 is 9.53 Å². The molecule has 1 aliphatic heterocycles. The summed E-state index contributed by atoms with van der Waals surface area (Å²) in [5.74, 6) is 0.281. The van der Waals surface area contributed by atoms with Gasteiger partial charge in [0.1, 0.15) is 5.60 Å². The van der Waals surface area contributed by atoms with E-state index in [0.29, 0.717) is 6.54 Å². The smallest absolute Gasteiger partial charge is 0.410 e. The first-order valence-corrected chi connectivity index (χ1v) is 9.73. The predicted octanol–water partition coefficient (Wildman–Crippen LogP) is 5.95.